The van der Waals surface area contributed by atoms with Crippen molar-refractivity contribution >= 4 is 22.6 Å². The van der Waals surface area contributed by atoms with Gasteiger partial charge in [-0.2, -0.15) is 5.10 Å². The Kier molecular flexibility index (Phi) is 2.64. The molecule has 0 saturated carbocycles. The average Bonchev–Trinajstić information content (AvgIpc) is 3.00. The highest BCUT2D eigenvalue weighted by Crippen LogP contribution is 2.29. The van der Waals surface area contributed by atoms with Gasteiger partial charge in [-0.15, -0.1) is 0 Å². The molecule has 0 saturated heterocycles. The number of Topliss-reactive ketones (excluding diaryl/α,β-unsaturated/α-hetero) is 1. The number of fused-ring (bicyclic) bond motifs is 1. The van der Waals surface area contributed by atoms with Gasteiger partial charge < -0.3 is 10.7 Å². The molecule has 3 aromatic rings. The molecule has 0 aliphatic carbocycles. The molecule has 4 N–H and O–H groups in total. The van der Waals surface area contributed by atoms with E-state index >= 15 is 0 Å². The summed E-state index contributed by atoms with van der Waals surface area (Å²) in [6.07, 6.45) is 3.55. The molecule has 0 radical (unpaired) electrons. The molecule has 1 aromatic carbocycles. The van der Waals surface area contributed by atoms with Gasteiger partial charge in [0.15, 0.2) is 5.78 Å². The number of carbonyl (C=O) groups excluding carboxylic acids is 2. The molecule has 0 unspecified atom stereocenters. The van der Waals surface area contributed by atoms with E-state index < -0.39 is 5.91 Å². The normalized spacial score (nSPS) is 10.8. The first-order valence-corrected chi connectivity index (χ1v) is 6.04. The number of hydrogen-bond donors (Lipinski definition) is 3. The minimum atomic E-state index is -0.554. The van der Waals surface area contributed by atoms with Crippen LogP contribution in [-0.2, 0) is 0 Å². The number of nitrogens with zero attached hydrogens (tertiary/aromatic N) is 1. The van der Waals surface area contributed by atoms with Crippen LogP contribution in [-0.4, -0.2) is 26.9 Å². The monoisotopic (exact) mass is 268 g/mol. The first kappa shape index (κ1) is 12.2. The molecule has 0 aliphatic heterocycles. The molecule has 100 valence electrons. The van der Waals surface area contributed by atoms with E-state index in [9.17, 15) is 9.59 Å². The van der Waals surface area contributed by atoms with Crippen LogP contribution >= 0.6 is 0 Å². The molecule has 0 spiro atoms. The maximum absolute atomic E-state index is 11.6. The molecule has 0 bridgehead atoms. The Hall–Kier alpha value is -2.89. The van der Waals surface area contributed by atoms with Crippen molar-refractivity contribution in [3.63, 3.8) is 0 Å². The topological polar surface area (TPSA) is 105 Å². The number of nitrogens with one attached hydrogen (secondary N) is 2. The van der Waals surface area contributed by atoms with E-state index in [-0.39, 0.29) is 5.78 Å². The summed E-state index contributed by atoms with van der Waals surface area (Å²) in [7, 11) is 0. The van der Waals surface area contributed by atoms with E-state index in [0.717, 1.165) is 10.9 Å². The summed E-state index contributed by atoms with van der Waals surface area (Å²) in [5.74, 6) is -0.634. The van der Waals surface area contributed by atoms with Crippen molar-refractivity contribution in [2.24, 2.45) is 5.73 Å². The molecule has 6 nitrogen and oxygen atoms in total. The minimum absolute atomic E-state index is 0.0804. The second kappa shape index (κ2) is 4.34. The van der Waals surface area contributed by atoms with E-state index in [0.29, 0.717) is 22.4 Å². The third kappa shape index (κ3) is 1.78. The van der Waals surface area contributed by atoms with Gasteiger partial charge in [0.25, 0.3) is 0 Å². The van der Waals surface area contributed by atoms with E-state index in [4.69, 9.17) is 5.73 Å². The van der Waals surface area contributed by atoms with Crippen molar-refractivity contribution in [1.82, 2.24) is 15.2 Å². The first-order chi connectivity index (χ1) is 9.58. The number of nitrogens with two attached hydrogens (primary N) is 1. The largest absolute Gasteiger partial charge is 0.366 e. The Balaban J connectivity index is 2.30. The second-order valence-corrected chi connectivity index (χ2v) is 4.54. The number of hydrogen-bond acceptors (Lipinski definition) is 3. The second-order valence-electron chi connectivity index (χ2n) is 4.54. The smallest absolute Gasteiger partial charge is 0.249 e. The molecular formula is C14H12N4O2. The lowest BCUT2D eigenvalue weighted by Gasteiger charge is -2.06. The molecule has 0 aliphatic rings. The Labute approximate surface area is 114 Å². The van der Waals surface area contributed by atoms with E-state index in [1.54, 1.807) is 30.6 Å². The molecule has 0 atom stereocenters. The summed E-state index contributed by atoms with van der Waals surface area (Å²) in [5, 5.41) is 7.91. The quantitative estimate of drug-likeness (QED) is 0.631. The minimum Gasteiger partial charge on any atom is -0.366 e. The third-order valence-electron chi connectivity index (χ3n) is 3.24. The van der Waals surface area contributed by atoms with Crippen molar-refractivity contribution < 1.29 is 9.59 Å². The number of amides is 1. The summed E-state index contributed by atoms with van der Waals surface area (Å²) >= 11 is 0. The number of ketones is 1. The van der Waals surface area contributed by atoms with E-state index in [1.807, 2.05) is 0 Å². The van der Waals surface area contributed by atoms with Crippen LogP contribution < -0.4 is 5.73 Å². The zero-order valence-electron chi connectivity index (χ0n) is 10.7. The molecule has 2 heterocycles. The maximum atomic E-state index is 11.6. The predicted molar refractivity (Wildman–Crippen MR) is 74.4 cm³/mol. The lowest BCUT2D eigenvalue weighted by Crippen LogP contribution is -2.13. The van der Waals surface area contributed by atoms with E-state index in [2.05, 4.69) is 15.2 Å². The van der Waals surface area contributed by atoms with Gasteiger partial charge in [-0.1, -0.05) is 6.07 Å². The van der Waals surface area contributed by atoms with Crippen molar-refractivity contribution in [3.05, 3.63) is 41.7 Å². The van der Waals surface area contributed by atoms with Crippen LogP contribution in [0, 0.1) is 0 Å². The summed E-state index contributed by atoms with van der Waals surface area (Å²) < 4.78 is 0. The number of primary amides is 1. The van der Waals surface area contributed by atoms with Crippen molar-refractivity contribution in [3.8, 4) is 11.3 Å². The fourth-order valence-electron chi connectivity index (χ4n) is 2.21. The number of benzene rings is 1. The molecule has 6 heteroatoms. The van der Waals surface area contributed by atoms with Crippen molar-refractivity contribution in [2.45, 2.75) is 6.92 Å². The third-order valence-corrected chi connectivity index (χ3v) is 3.24. The molecule has 0 fully saturated rings. The van der Waals surface area contributed by atoms with Crippen molar-refractivity contribution in [1.29, 1.82) is 0 Å². The van der Waals surface area contributed by atoms with Gasteiger partial charge in [-0.25, -0.2) is 0 Å². The van der Waals surface area contributed by atoms with Crippen molar-refractivity contribution in [2.75, 3.05) is 0 Å². The Bertz CT molecular complexity index is 829. The Morgan fingerprint density at radius 1 is 1.25 bits per heavy atom. The molecule has 1 amide bonds. The summed E-state index contributed by atoms with van der Waals surface area (Å²) in [6, 6.07) is 4.79. The summed E-state index contributed by atoms with van der Waals surface area (Å²) in [6.45, 7) is 1.47. The van der Waals surface area contributed by atoms with Gasteiger partial charge in [-0.05, 0) is 19.1 Å². The zero-order valence-corrected chi connectivity index (χ0v) is 10.7. The molecular weight excluding hydrogens is 256 g/mol. The highest BCUT2D eigenvalue weighted by atomic mass is 16.1. The zero-order chi connectivity index (χ0) is 14.3. The number of aromatic nitrogens is 3. The Morgan fingerprint density at radius 3 is 2.75 bits per heavy atom. The van der Waals surface area contributed by atoms with Crippen LogP contribution in [0.1, 0.15) is 27.6 Å². The van der Waals surface area contributed by atoms with Gasteiger partial charge in [-0.3, -0.25) is 14.7 Å². The predicted octanol–water partition coefficient (Wildman–Crippen LogP) is 1.86. The standard InChI is InChI=1S/C14H12N4O2/c1-7(19)8-2-3-9(14(15)20)10(4-8)13-11-5-16-6-12(11)17-18-13/h2-6,16-17H,1H3,(H2,15,20). The number of carbonyl (C=O) groups is 2. The summed E-state index contributed by atoms with van der Waals surface area (Å²) in [4.78, 5) is 26.0. The van der Waals surface area contributed by atoms with Crippen LogP contribution in [0.3, 0.4) is 0 Å². The number of rotatable bonds is 3. The lowest BCUT2D eigenvalue weighted by atomic mass is 9.98. The Morgan fingerprint density at radius 2 is 2.05 bits per heavy atom. The van der Waals surface area contributed by atoms with Crippen LogP contribution in [0.2, 0.25) is 0 Å². The average molecular weight is 268 g/mol. The van der Waals surface area contributed by atoms with Gasteiger partial charge in [0, 0.05) is 34.5 Å². The SMILES string of the molecule is CC(=O)c1ccc(C(N)=O)c(-c2n[nH]c3c[nH]cc23)c1. The first-order valence-electron chi connectivity index (χ1n) is 6.04. The number of H-pyrrole nitrogens is 2. The van der Waals surface area contributed by atoms with E-state index in [1.165, 1.54) is 6.92 Å². The highest BCUT2D eigenvalue weighted by molar-refractivity contribution is 6.06. The maximum Gasteiger partial charge on any atom is 0.249 e. The van der Waals surface area contributed by atoms with Crippen LogP contribution in [0.4, 0.5) is 0 Å². The molecule has 2 aromatic heterocycles. The van der Waals surface area contributed by atoms with Gasteiger partial charge in [0.05, 0.1) is 5.52 Å². The number of aromatic amines is 2. The molecule has 3 rings (SSSR count). The van der Waals surface area contributed by atoms with Gasteiger partial charge in [0.2, 0.25) is 5.91 Å². The van der Waals surface area contributed by atoms with Gasteiger partial charge in [0.1, 0.15) is 5.69 Å². The molecule has 20 heavy (non-hydrogen) atoms. The fraction of sp³-hybridized carbons (Fsp3) is 0.0714. The van der Waals surface area contributed by atoms with Crippen LogP contribution in [0.25, 0.3) is 22.2 Å². The highest BCUT2D eigenvalue weighted by Gasteiger charge is 2.17. The summed E-state index contributed by atoms with van der Waals surface area (Å²) in [5.41, 5.74) is 8.22. The fourth-order valence-corrected chi connectivity index (χ4v) is 2.21. The van der Waals surface area contributed by atoms with Crippen LogP contribution in [0.15, 0.2) is 30.6 Å². The lowest BCUT2D eigenvalue weighted by molar-refractivity contribution is 0.0994. The van der Waals surface area contributed by atoms with Gasteiger partial charge >= 0.3 is 0 Å². The van der Waals surface area contributed by atoms with Crippen LogP contribution in [0.5, 0.6) is 0 Å².